The highest BCUT2D eigenvalue weighted by Gasteiger charge is 2.32. The van der Waals surface area contributed by atoms with Crippen molar-refractivity contribution in [3.8, 4) is 17.0 Å². The number of rotatable bonds is 2. The van der Waals surface area contributed by atoms with Crippen LogP contribution in [0.2, 0.25) is 5.15 Å². The Kier molecular flexibility index (Phi) is 3.85. The number of aromatic nitrogens is 2. The predicted molar refractivity (Wildman–Crippen MR) is 68.6 cm³/mol. The summed E-state index contributed by atoms with van der Waals surface area (Å²) in [5.74, 6) is -0.320. The van der Waals surface area contributed by atoms with Gasteiger partial charge in [0.25, 0.3) is 0 Å². The molecule has 1 aromatic carbocycles. The van der Waals surface area contributed by atoms with Crippen LogP contribution in [0.25, 0.3) is 11.3 Å². The lowest BCUT2D eigenvalue weighted by atomic mass is 10.0. The average molecular weight is 303 g/mol. The van der Waals surface area contributed by atoms with Gasteiger partial charge >= 0.3 is 6.36 Å². The van der Waals surface area contributed by atoms with E-state index in [-0.39, 0.29) is 16.5 Å². The summed E-state index contributed by atoms with van der Waals surface area (Å²) >= 11 is 5.83. The molecule has 0 radical (unpaired) electrons. The molecule has 0 aliphatic carbocycles. The number of hydrogen-bond acceptors (Lipinski definition) is 3. The fourth-order valence-corrected chi connectivity index (χ4v) is 1.89. The van der Waals surface area contributed by atoms with Gasteiger partial charge in [0, 0.05) is 5.56 Å². The molecule has 0 amide bonds. The van der Waals surface area contributed by atoms with Gasteiger partial charge in [-0.05, 0) is 37.1 Å². The van der Waals surface area contributed by atoms with Gasteiger partial charge in [-0.2, -0.15) is 0 Å². The van der Waals surface area contributed by atoms with E-state index < -0.39 is 6.36 Å². The predicted octanol–water partition coefficient (Wildman–Crippen LogP) is 4.31. The van der Waals surface area contributed by atoms with Gasteiger partial charge in [0.05, 0.1) is 5.69 Å². The van der Waals surface area contributed by atoms with Crippen LogP contribution in [0.5, 0.6) is 5.75 Å². The van der Waals surface area contributed by atoms with Gasteiger partial charge in [-0.1, -0.05) is 23.7 Å². The van der Waals surface area contributed by atoms with Crippen LogP contribution in [0.15, 0.2) is 24.3 Å². The van der Waals surface area contributed by atoms with Crippen molar-refractivity contribution in [2.24, 2.45) is 0 Å². The lowest BCUT2D eigenvalue weighted by molar-refractivity contribution is -0.274. The zero-order valence-corrected chi connectivity index (χ0v) is 11.4. The molecule has 0 saturated heterocycles. The molecule has 0 fully saturated rings. The lowest BCUT2D eigenvalue weighted by Gasteiger charge is -2.14. The second-order valence-corrected chi connectivity index (χ2v) is 4.49. The van der Waals surface area contributed by atoms with Gasteiger partial charge in [0.2, 0.25) is 0 Å². The summed E-state index contributed by atoms with van der Waals surface area (Å²) in [6.07, 6.45) is -4.76. The maximum atomic E-state index is 12.4. The Balaban J connectivity index is 2.56. The molecule has 1 heterocycles. The van der Waals surface area contributed by atoms with Crippen LogP contribution in [-0.4, -0.2) is 16.6 Å². The molecule has 20 heavy (non-hydrogen) atoms. The van der Waals surface area contributed by atoms with E-state index in [0.29, 0.717) is 16.8 Å². The third kappa shape index (κ3) is 3.01. The molecule has 2 rings (SSSR count). The highest BCUT2D eigenvalue weighted by molar-refractivity contribution is 6.30. The molecule has 0 bridgehead atoms. The van der Waals surface area contributed by atoms with E-state index in [2.05, 4.69) is 14.9 Å². The number of benzene rings is 1. The first-order valence-corrected chi connectivity index (χ1v) is 6.02. The van der Waals surface area contributed by atoms with Crippen molar-refractivity contribution in [3.05, 3.63) is 40.5 Å². The van der Waals surface area contributed by atoms with Crippen LogP contribution < -0.4 is 4.74 Å². The first-order valence-electron chi connectivity index (χ1n) is 5.64. The monoisotopic (exact) mass is 302 g/mol. The molecule has 0 aliphatic rings. The number of halogens is 4. The Morgan fingerprint density at radius 3 is 2.35 bits per heavy atom. The van der Waals surface area contributed by atoms with Crippen LogP contribution >= 0.6 is 11.6 Å². The minimum absolute atomic E-state index is 0.217. The third-order valence-corrected chi connectivity index (χ3v) is 3.19. The highest BCUT2D eigenvalue weighted by atomic mass is 35.5. The van der Waals surface area contributed by atoms with Gasteiger partial charge < -0.3 is 4.74 Å². The summed E-state index contributed by atoms with van der Waals surface area (Å²) in [4.78, 5) is 0. The van der Waals surface area contributed by atoms with Crippen molar-refractivity contribution in [3.63, 3.8) is 0 Å². The average Bonchev–Trinajstić information content (AvgIpc) is 2.36. The molecule has 0 aliphatic heterocycles. The molecule has 0 atom stereocenters. The second-order valence-electron chi connectivity index (χ2n) is 4.13. The summed E-state index contributed by atoms with van der Waals surface area (Å²) in [7, 11) is 0. The van der Waals surface area contributed by atoms with Crippen LogP contribution in [0, 0.1) is 13.8 Å². The summed E-state index contributed by atoms with van der Waals surface area (Å²) in [6.45, 7) is 3.44. The van der Waals surface area contributed by atoms with Crippen LogP contribution in [0.3, 0.4) is 0 Å². The van der Waals surface area contributed by atoms with E-state index in [9.17, 15) is 13.2 Å². The molecule has 0 N–H and O–H groups in total. The molecule has 106 valence electrons. The van der Waals surface area contributed by atoms with Crippen molar-refractivity contribution in [1.29, 1.82) is 0 Å². The molecule has 7 heteroatoms. The minimum atomic E-state index is -4.76. The van der Waals surface area contributed by atoms with E-state index in [0.717, 1.165) is 0 Å². The first kappa shape index (κ1) is 14.6. The lowest BCUT2D eigenvalue weighted by Crippen LogP contribution is -2.17. The molecular weight excluding hydrogens is 293 g/mol. The number of alkyl halides is 3. The Hall–Kier alpha value is -1.82. The largest absolute Gasteiger partial charge is 0.573 e. The molecule has 1 aromatic heterocycles. The van der Waals surface area contributed by atoms with Gasteiger partial charge in [-0.25, -0.2) is 0 Å². The van der Waals surface area contributed by atoms with Gasteiger partial charge in [0.1, 0.15) is 5.75 Å². The fourth-order valence-electron chi connectivity index (χ4n) is 1.71. The van der Waals surface area contributed by atoms with Crippen LogP contribution in [0.1, 0.15) is 11.1 Å². The molecule has 0 unspecified atom stereocenters. The first-order chi connectivity index (χ1) is 9.29. The molecular formula is C13H10ClF3N2O. The van der Waals surface area contributed by atoms with Crippen molar-refractivity contribution in [1.82, 2.24) is 10.2 Å². The van der Waals surface area contributed by atoms with E-state index >= 15 is 0 Å². The summed E-state index contributed by atoms with van der Waals surface area (Å²) in [5.41, 5.74) is 1.85. The second kappa shape index (κ2) is 5.28. The SMILES string of the molecule is Cc1c(Cl)nnc(-c2ccccc2OC(F)(F)F)c1C. The highest BCUT2D eigenvalue weighted by Crippen LogP contribution is 2.35. The Morgan fingerprint density at radius 1 is 1.05 bits per heavy atom. The third-order valence-electron chi connectivity index (χ3n) is 2.83. The number of ether oxygens (including phenoxy) is 1. The van der Waals surface area contributed by atoms with E-state index in [1.165, 1.54) is 18.2 Å². The molecule has 0 spiro atoms. The summed E-state index contributed by atoms with van der Waals surface area (Å²) in [5, 5.41) is 7.83. The standard InChI is InChI=1S/C13H10ClF3N2O/c1-7-8(2)12(14)19-18-11(7)9-5-3-4-6-10(9)20-13(15,16)17/h3-6H,1-2H3. The van der Waals surface area contributed by atoms with Crippen LogP contribution in [0.4, 0.5) is 13.2 Å². The zero-order chi connectivity index (χ0) is 14.9. The van der Waals surface area contributed by atoms with Gasteiger partial charge in [-0.15, -0.1) is 23.4 Å². The normalized spacial score (nSPS) is 11.5. The van der Waals surface area contributed by atoms with E-state index in [4.69, 9.17) is 11.6 Å². The quantitative estimate of drug-likeness (QED) is 0.829. The van der Waals surface area contributed by atoms with Crippen molar-refractivity contribution >= 4 is 11.6 Å². The van der Waals surface area contributed by atoms with E-state index in [1.807, 2.05) is 0 Å². The number of hydrogen-bond donors (Lipinski definition) is 0. The molecule has 2 aromatic rings. The van der Waals surface area contributed by atoms with Crippen molar-refractivity contribution < 1.29 is 17.9 Å². The maximum Gasteiger partial charge on any atom is 0.573 e. The topological polar surface area (TPSA) is 35.0 Å². The molecule has 0 saturated carbocycles. The minimum Gasteiger partial charge on any atom is -0.405 e. The zero-order valence-electron chi connectivity index (χ0n) is 10.6. The van der Waals surface area contributed by atoms with Gasteiger partial charge in [0.15, 0.2) is 5.15 Å². The van der Waals surface area contributed by atoms with Crippen molar-refractivity contribution in [2.75, 3.05) is 0 Å². The smallest absolute Gasteiger partial charge is 0.405 e. The maximum absolute atomic E-state index is 12.4. The number of para-hydroxylation sites is 1. The van der Waals surface area contributed by atoms with Crippen molar-refractivity contribution in [2.45, 2.75) is 20.2 Å². The Bertz CT molecular complexity index is 644. The number of nitrogens with zero attached hydrogens (tertiary/aromatic N) is 2. The molecule has 3 nitrogen and oxygen atoms in total. The Morgan fingerprint density at radius 2 is 1.70 bits per heavy atom. The van der Waals surface area contributed by atoms with Crippen LogP contribution in [-0.2, 0) is 0 Å². The summed E-state index contributed by atoms with van der Waals surface area (Å²) < 4.78 is 41.2. The Labute approximate surface area is 118 Å². The van der Waals surface area contributed by atoms with E-state index in [1.54, 1.807) is 19.9 Å². The summed E-state index contributed by atoms with van der Waals surface area (Å²) in [6, 6.07) is 5.78. The van der Waals surface area contributed by atoms with Gasteiger partial charge in [-0.3, -0.25) is 0 Å². The fraction of sp³-hybridized carbons (Fsp3) is 0.231.